The van der Waals surface area contributed by atoms with Crippen molar-refractivity contribution < 1.29 is 9.53 Å². The fraction of sp³-hybridized carbons (Fsp3) is 0.375. The molecule has 2 aromatic carbocycles. The van der Waals surface area contributed by atoms with Crippen LogP contribution in [-0.2, 0) is 16.1 Å². The summed E-state index contributed by atoms with van der Waals surface area (Å²) in [6.07, 6.45) is 2.73. The van der Waals surface area contributed by atoms with Crippen LogP contribution in [0, 0.1) is 5.92 Å². The summed E-state index contributed by atoms with van der Waals surface area (Å²) >= 11 is 12.1. The molecule has 0 bridgehead atoms. The molecule has 0 aliphatic carbocycles. The minimum Gasteiger partial charge on any atom is -0.469 e. The standard InChI is InChI=1S/C24H27Cl2N3O2/c1-17-13-29(24(31-17)20-5-3-2-4-6-20)16-23(30)27-12-19-9-10-28(15-19)14-18-7-8-21(25)22(26)11-18/h2-8,11,13,19,24H,9-10,12,14-16H2,1H3,(H,27,30). The molecule has 2 aliphatic rings. The van der Waals surface area contributed by atoms with Gasteiger partial charge in [-0.25, -0.2) is 0 Å². The summed E-state index contributed by atoms with van der Waals surface area (Å²) in [6.45, 7) is 5.68. The number of carbonyl (C=O) groups is 1. The van der Waals surface area contributed by atoms with E-state index in [2.05, 4.69) is 10.2 Å². The molecule has 5 nitrogen and oxygen atoms in total. The molecule has 2 aromatic rings. The summed E-state index contributed by atoms with van der Waals surface area (Å²) in [5.74, 6) is 1.28. The molecule has 1 N–H and O–H groups in total. The van der Waals surface area contributed by atoms with Gasteiger partial charge in [-0.05, 0) is 43.5 Å². The first-order valence-corrected chi connectivity index (χ1v) is 11.3. The number of hydrogen-bond donors (Lipinski definition) is 1. The van der Waals surface area contributed by atoms with Crippen LogP contribution in [0.5, 0.6) is 0 Å². The van der Waals surface area contributed by atoms with Crippen LogP contribution in [0.3, 0.4) is 0 Å². The average molecular weight is 460 g/mol. The summed E-state index contributed by atoms with van der Waals surface area (Å²) in [4.78, 5) is 16.9. The number of allylic oxidation sites excluding steroid dienone is 1. The van der Waals surface area contributed by atoms with Gasteiger partial charge in [0, 0.05) is 31.4 Å². The molecular weight excluding hydrogens is 433 g/mol. The van der Waals surface area contributed by atoms with Crippen molar-refractivity contribution in [3.8, 4) is 0 Å². The maximum absolute atomic E-state index is 12.6. The number of amides is 1. The zero-order valence-electron chi connectivity index (χ0n) is 17.6. The first-order chi connectivity index (χ1) is 15.0. The van der Waals surface area contributed by atoms with Crippen LogP contribution in [0.1, 0.15) is 30.7 Å². The minimum absolute atomic E-state index is 0.0124. The quantitative estimate of drug-likeness (QED) is 0.644. The number of likely N-dealkylation sites (tertiary alicyclic amines) is 1. The van der Waals surface area contributed by atoms with Gasteiger partial charge < -0.3 is 15.0 Å². The number of carbonyl (C=O) groups excluding carboxylic acids is 1. The van der Waals surface area contributed by atoms with Gasteiger partial charge in [0.25, 0.3) is 0 Å². The fourth-order valence-electron chi connectivity index (χ4n) is 4.18. The topological polar surface area (TPSA) is 44.8 Å². The molecule has 2 aliphatic heterocycles. The molecular formula is C24H27Cl2N3O2. The number of halogens is 2. The fourth-order valence-corrected chi connectivity index (χ4v) is 4.50. The normalized spacial score (nSPS) is 21.1. The largest absolute Gasteiger partial charge is 0.469 e. The van der Waals surface area contributed by atoms with E-state index >= 15 is 0 Å². The first-order valence-electron chi connectivity index (χ1n) is 10.6. The van der Waals surface area contributed by atoms with Crippen molar-refractivity contribution in [2.45, 2.75) is 26.1 Å². The van der Waals surface area contributed by atoms with Crippen molar-refractivity contribution in [2.24, 2.45) is 5.92 Å². The highest BCUT2D eigenvalue weighted by Gasteiger charge is 2.28. The second-order valence-electron chi connectivity index (χ2n) is 8.24. The second-order valence-corrected chi connectivity index (χ2v) is 9.05. The molecule has 0 spiro atoms. The van der Waals surface area contributed by atoms with Gasteiger partial charge in [-0.3, -0.25) is 9.69 Å². The molecule has 2 unspecified atom stereocenters. The smallest absolute Gasteiger partial charge is 0.239 e. The molecule has 7 heteroatoms. The summed E-state index contributed by atoms with van der Waals surface area (Å²) < 4.78 is 5.91. The van der Waals surface area contributed by atoms with Gasteiger partial charge >= 0.3 is 0 Å². The van der Waals surface area contributed by atoms with Crippen LogP contribution in [-0.4, -0.2) is 41.9 Å². The highest BCUT2D eigenvalue weighted by molar-refractivity contribution is 6.42. The second kappa shape index (κ2) is 9.94. The maximum Gasteiger partial charge on any atom is 0.239 e. The van der Waals surface area contributed by atoms with E-state index in [0.29, 0.717) is 22.5 Å². The lowest BCUT2D eigenvalue weighted by atomic mass is 10.1. The Kier molecular flexibility index (Phi) is 7.06. The monoisotopic (exact) mass is 459 g/mol. The molecule has 0 radical (unpaired) electrons. The molecule has 4 rings (SSSR count). The lowest BCUT2D eigenvalue weighted by Crippen LogP contribution is -2.38. The van der Waals surface area contributed by atoms with Gasteiger partial charge in [0.2, 0.25) is 5.91 Å². The number of nitrogens with one attached hydrogen (secondary N) is 1. The predicted molar refractivity (Wildman–Crippen MR) is 124 cm³/mol. The van der Waals surface area contributed by atoms with Gasteiger partial charge in [0.05, 0.1) is 10.0 Å². The Morgan fingerprint density at radius 3 is 2.74 bits per heavy atom. The van der Waals surface area contributed by atoms with Crippen LogP contribution >= 0.6 is 23.2 Å². The van der Waals surface area contributed by atoms with Gasteiger partial charge in [-0.15, -0.1) is 0 Å². The molecule has 2 heterocycles. The molecule has 0 aromatic heterocycles. The third kappa shape index (κ3) is 5.73. The van der Waals surface area contributed by atoms with E-state index in [0.717, 1.165) is 42.9 Å². The Labute approximate surface area is 193 Å². The average Bonchev–Trinajstić information content (AvgIpc) is 3.36. The van der Waals surface area contributed by atoms with Crippen molar-refractivity contribution in [1.82, 2.24) is 15.1 Å². The van der Waals surface area contributed by atoms with Gasteiger partial charge in [0.15, 0.2) is 6.23 Å². The Morgan fingerprint density at radius 1 is 1.16 bits per heavy atom. The third-order valence-electron chi connectivity index (χ3n) is 5.71. The minimum atomic E-state index is -0.250. The molecule has 1 fully saturated rings. The van der Waals surface area contributed by atoms with E-state index in [1.54, 1.807) is 0 Å². The van der Waals surface area contributed by atoms with Crippen molar-refractivity contribution in [3.05, 3.63) is 81.7 Å². The van der Waals surface area contributed by atoms with E-state index < -0.39 is 0 Å². The summed E-state index contributed by atoms with van der Waals surface area (Å²) in [5, 5.41) is 4.28. The van der Waals surface area contributed by atoms with Crippen LogP contribution in [0.2, 0.25) is 10.0 Å². The number of nitrogens with zero attached hydrogens (tertiary/aromatic N) is 2. The summed E-state index contributed by atoms with van der Waals surface area (Å²) in [5.41, 5.74) is 2.19. The van der Waals surface area contributed by atoms with E-state index in [1.165, 1.54) is 0 Å². The molecule has 31 heavy (non-hydrogen) atoms. The van der Waals surface area contributed by atoms with Gasteiger partial charge in [-0.2, -0.15) is 0 Å². The summed E-state index contributed by atoms with van der Waals surface area (Å²) in [6, 6.07) is 15.8. The lowest BCUT2D eigenvalue weighted by Gasteiger charge is -2.24. The van der Waals surface area contributed by atoms with E-state index in [-0.39, 0.29) is 18.7 Å². The Morgan fingerprint density at radius 2 is 1.97 bits per heavy atom. The molecule has 164 valence electrons. The van der Waals surface area contributed by atoms with E-state index in [1.807, 2.05) is 66.6 Å². The van der Waals surface area contributed by atoms with Crippen LogP contribution < -0.4 is 5.32 Å². The molecule has 0 saturated carbocycles. The van der Waals surface area contributed by atoms with Crippen LogP contribution in [0.4, 0.5) is 0 Å². The van der Waals surface area contributed by atoms with E-state index in [4.69, 9.17) is 27.9 Å². The number of hydrogen-bond acceptors (Lipinski definition) is 4. The molecule has 1 amide bonds. The van der Waals surface area contributed by atoms with Crippen LogP contribution in [0.15, 0.2) is 60.5 Å². The number of rotatable bonds is 7. The van der Waals surface area contributed by atoms with Crippen molar-refractivity contribution in [3.63, 3.8) is 0 Å². The van der Waals surface area contributed by atoms with Crippen molar-refractivity contribution >= 4 is 29.1 Å². The Bertz CT molecular complexity index is 951. The summed E-state index contributed by atoms with van der Waals surface area (Å²) in [7, 11) is 0. The van der Waals surface area contributed by atoms with Crippen molar-refractivity contribution in [1.29, 1.82) is 0 Å². The zero-order valence-corrected chi connectivity index (χ0v) is 19.1. The lowest BCUT2D eigenvalue weighted by molar-refractivity contribution is -0.123. The highest BCUT2D eigenvalue weighted by Crippen LogP contribution is 2.31. The number of ether oxygens (including phenoxy) is 1. The first kappa shape index (κ1) is 22.0. The van der Waals surface area contributed by atoms with Gasteiger partial charge in [-0.1, -0.05) is 59.6 Å². The van der Waals surface area contributed by atoms with Gasteiger partial charge in [0.1, 0.15) is 12.3 Å². The third-order valence-corrected chi connectivity index (χ3v) is 6.44. The SMILES string of the molecule is CC1=CN(CC(=O)NCC2CCN(Cc3ccc(Cl)c(Cl)c3)C2)C(c2ccccc2)O1. The van der Waals surface area contributed by atoms with E-state index in [9.17, 15) is 4.79 Å². The Balaban J connectivity index is 1.24. The maximum atomic E-state index is 12.6. The zero-order chi connectivity index (χ0) is 21.8. The van der Waals surface area contributed by atoms with Crippen molar-refractivity contribution in [2.75, 3.05) is 26.2 Å². The molecule has 2 atom stereocenters. The van der Waals surface area contributed by atoms with Crippen LogP contribution in [0.25, 0.3) is 0 Å². The Hall–Kier alpha value is -2.21. The highest BCUT2D eigenvalue weighted by atomic mass is 35.5. The predicted octanol–water partition coefficient (Wildman–Crippen LogP) is 4.82. The molecule has 1 saturated heterocycles. The number of benzene rings is 2.